The first-order valence-electron chi connectivity index (χ1n) is 6.19. The molecule has 1 amide bonds. The van der Waals surface area contributed by atoms with E-state index in [0.29, 0.717) is 0 Å². The molecule has 0 saturated heterocycles. The van der Waals surface area contributed by atoms with Gasteiger partial charge in [-0.25, -0.2) is 4.79 Å². The molecule has 0 aliphatic heterocycles. The molecule has 1 aliphatic carbocycles. The van der Waals surface area contributed by atoms with E-state index >= 15 is 0 Å². The van der Waals surface area contributed by atoms with Crippen LogP contribution in [0.4, 0.5) is 0 Å². The largest absolute Gasteiger partial charge is 0.497 e. The summed E-state index contributed by atoms with van der Waals surface area (Å²) in [5.74, 6) is -0.730. The molecule has 0 fully saturated rings. The number of carbonyl (C=O) groups is 2. The highest BCUT2D eigenvalue weighted by Gasteiger charge is 2.34. The van der Waals surface area contributed by atoms with Crippen LogP contribution in [0.5, 0.6) is 5.75 Å². The minimum atomic E-state index is -0.996. The fourth-order valence-corrected chi connectivity index (χ4v) is 2.65. The molecule has 0 bridgehead atoms. The van der Waals surface area contributed by atoms with Crippen molar-refractivity contribution in [3.63, 3.8) is 0 Å². The molecule has 5 heteroatoms. The fourth-order valence-electron chi connectivity index (χ4n) is 2.65. The van der Waals surface area contributed by atoms with Gasteiger partial charge in [0, 0.05) is 12.8 Å². The number of fused-ring (bicyclic) bond motifs is 1. The summed E-state index contributed by atoms with van der Waals surface area (Å²) in [6, 6.07) is 4.78. The van der Waals surface area contributed by atoms with E-state index in [9.17, 15) is 14.7 Å². The summed E-state index contributed by atoms with van der Waals surface area (Å²) in [6.45, 7) is 1.33. The summed E-state index contributed by atoms with van der Waals surface area (Å²) in [5.41, 5.74) is 2.09. The van der Waals surface area contributed by atoms with E-state index in [1.807, 2.05) is 18.2 Å². The SMILES string of the molecule is COc1ccc2c(c1)CCC2C(NC(C)=O)C(=O)O. The van der Waals surface area contributed by atoms with E-state index in [4.69, 9.17) is 4.74 Å². The average molecular weight is 263 g/mol. The lowest BCUT2D eigenvalue weighted by molar-refractivity contribution is -0.142. The Balaban J connectivity index is 2.29. The zero-order valence-electron chi connectivity index (χ0n) is 11.0. The van der Waals surface area contributed by atoms with E-state index in [1.165, 1.54) is 6.92 Å². The molecule has 1 aromatic carbocycles. The summed E-state index contributed by atoms with van der Waals surface area (Å²) < 4.78 is 5.16. The monoisotopic (exact) mass is 263 g/mol. The van der Waals surface area contributed by atoms with Crippen LogP contribution in [-0.4, -0.2) is 30.1 Å². The van der Waals surface area contributed by atoms with Crippen LogP contribution in [0.15, 0.2) is 18.2 Å². The van der Waals surface area contributed by atoms with Crippen molar-refractivity contribution < 1.29 is 19.4 Å². The van der Waals surface area contributed by atoms with Crippen molar-refractivity contribution in [2.24, 2.45) is 0 Å². The van der Waals surface area contributed by atoms with Gasteiger partial charge >= 0.3 is 5.97 Å². The molecule has 1 aromatic rings. The topological polar surface area (TPSA) is 75.6 Å². The molecule has 2 rings (SSSR count). The molecule has 5 nitrogen and oxygen atoms in total. The Morgan fingerprint density at radius 2 is 2.21 bits per heavy atom. The zero-order chi connectivity index (χ0) is 14.0. The normalized spacial score (nSPS) is 18.5. The number of benzene rings is 1. The van der Waals surface area contributed by atoms with E-state index in [1.54, 1.807) is 7.11 Å². The Bertz CT molecular complexity index is 512. The van der Waals surface area contributed by atoms with Crippen LogP contribution in [0, 0.1) is 0 Å². The van der Waals surface area contributed by atoms with E-state index in [2.05, 4.69) is 5.32 Å². The third-order valence-electron chi connectivity index (χ3n) is 3.50. The third kappa shape index (κ3) is 2.70. The van der Waals surface area contributed by atoms with Crippen LogP contribution in [0.1, 0.15) is 30.4 Å². The van der Waals surface area contributed by atoms with Gasteiger partial charge in [0.25, 0.3) is 0 Å². The van der Waals surface area contributed by atoms with Crippen LogP contribution in [0.25, 0.3) is 0 Å². The lowest BCUT2D eigenvalue weighted by Crippen LogP contribution is -2.43. The van der Waals surface area contributed by atoms with Crippen LogP contribution in [-0.2, 0) is 16.0 Å². The highest BCUT2D eigenvalue weighted by atomic mass is 16.5. The van der Waals surface area contributed by atoms with E-state index in [-0.39, 0.29) is 11.8 Å². The number of aryl methyl sites for hydroxylation is 1. The number of nitrogens with one attached hydrogen (secondary N) is 1. The molecular formula is C14H17NO4. The first-order chi connectivity index (χ1) is 9.02. The van der Waals surface area contributed by atoms with Crippen molar-refractivity contribution in [1.82, 2.24) is 5.32 Å². The zero-order valence-corrected chi connectivity index (χ0v) is 11.0. The van der Waals surface area contributed by atoms with E-state index < -0.39 is 12.0 Å². The maximum Gasteiger partial charge on any atom is 0.326 e. The standard InChI is InChI=1S/C14H17NO4/c1-8(16)15-13(14(17)18)12-5-3-9-7-10(19-2)4-6-11(9)12/h4,6-7,12-13H,3,5H2,1-2H3,(H,15,16)(H,17,18). The molecule has 0 aromatic heterocycles. The second-order valence-corrected chi connectivity index (χ2v) is 4.73. The third-order valence-corrected chi connectivity index (χ3v) is 3.50. The summed E-state index contributed by atoms with van der Waals surface area (Å²) in [4.78, 5) is 22.4. The number of methoxy groups -OCH3 is 1. The summed E-state index contributed by atoms with van der Waals surface area (Å²) in [7, 11) is 1.60. The predicted molar refractivity (Wildman–Crippen MR) is 69.3 cm³/mol. The van der Waals surface area contributed by atoms with Crippen LogP contribution < -0.4 is 10.1 Å². The minimum Gasteiger partial charge on any atom is -0.497 e. The van der Waals surface area contributed by atoms with Gasteiger partial charge in [0.15, 0.2) is 0 Å². The molecule has 2 unspecified atom stereocenters. The summed E-state index contributed by atoms with van der Waals surface area (Å²) in [5, 5.41) is 11.8. The van der Waals surface area contributed by atoms with Crippen molar-refractivity contribution in [2.75, 3.05) is 7.11 Å². The number of carboxylic acid groups (broad SMARTS) is 1. The number of aliphatic carboxylic acids is 1. The predicted octanol–water partition coefficient (Wildman–Crippen LogP) is 1.31. The van der Waals surface area contributed by atoms with Crippen LogP contribution in [0.2, 0.25) is 0 Å². The fraction of sp³-hybridized carbons (Fsp3) is 0.429. The van der Waals surface area contributed by atoms with Gasteiger partial charge in [0.2, 0.25) is 5.91 Å². The van der Waals surface area contributed by atoms with Crippen molar-refractivity contribution in [1.29, 1.82) is 0 Å². The molecule has 102 valence electrons. The van der Waals surface area contributed by atoms with Crippen LogP contribution >= 0.6 is 0 Å². The first kappa shape index (κ1) is 13.4. The highest BCUT2D eigenvalue weighted by Crippen LogP contribution is 2.37. The molecule has 0 saturated carbocycles. The van der Waals surface area contributed by atoms with Gasteiger partial charge in [-0.15, -0.1) is 0 Å². The van der Waals surface area contributed by atoms with Crippen molar-refractivity contribution in [3.8, 4) is 5.75 Å². The van der Waals surface area contributed by atoms with Gasteiger partial charge in [0.1, 0.15) is 11.8 Å². The summed E-state index contributed by atoms with van der Waals surface area (Å²) >= 11 is 0. The Labute approximate surface area is 111 Å². The second kappa shape index (κ2) is 5.30. The number of carboxylic acids is 1. The number of hydrogen-bond acceptors (Lipinski definition) is 3. The molecule has 2 atom stereocenters. The smallest absolute Gasteiger partial charge is 0.326 e. The van der Waals surface area contributed by atoms with Gasteiger partial charge in [-0.05, 0) is 36.1 Å². The Hall–Kier alpha value is -2.04. The maximum absolute atomic E-state index is 11.3. The molecule has 19 heavy (non-hydrogen) atoms. The van der Waals surface area contributed by atoms with Gasteiger partial charge in [-0.1, -0.05) is 6.07 Å². The molecule has 2 N–H and O–H groups in total. The second-order valence-electron chi connectivity index (χ2n) is 4.73. The molecule has 0 radical (unpaired) electrons. The number of ether oxygens (including phenoxy) is 1. The van der Waals surface area contributed by atoms with Crippen molar-refractivity contribution in [3.05, 3.63) is 29.3 Å². The van der Waals surface area contributed by atoms with E-state index in [0.717, 1.165) is 29.7 Å². The number of hydrogen-bond donors (Lipinski definition) is 2. The summed E-state index contributed by atoms with van der Waals surface area (Å²) in [6.07, 6.45) is 1.53. The van der Waals surface area contributed by atoms with Gasteiger partial charge in [-0.3, -0.25) is 4.79 Å². The van der Waals surface area contributed by atoms with Gasteiger partial charge < -0.3 is 15.2 Å². The van der Waals surface area contributed by atoms with Gasteiger partial charge in [0.05, 0.1) is 7.11 Å². The molecule has 0 heterocycles. The number of carbonyl (C=O) groups excluding carboxylic acids is 1. The van der Waals surface area contributed by atoms with Crippen molar-refractivity contribution in [2.45, 2.75) is 31.7 Å². The molecule has 0 spiro atoms. The van der Waals surface area contributed by atoms with Crippen molar-refractivity contribution >= 4 is 11.9 Å². The number of amides is 1. The Kier molecular flexibility index (Phi) is 3.74. The lowest BCUT2D eigenvalue weighted by Gasteiger charge is -2.21. The maximum atomic E-state index is 11.3. The molecular weight excluding hydrogens is 246 g/mol. The first-order valence-corrected chi connectivity index (χ1v) is 6.19. The Morgan fingerprint density at radius 1 is 1.47 bits per heavy atom. The minimum absolute atomic E-state index is 0.178. The van der Waals surface area contributed by atoms with Crippen LogP contribution in [0.3, 0.4) is 0 Å². The molecule has 1 aliphatic rings. The number of rotatable bonds is 4. The lowest BCUT2D eigenvalue weighted by atomic mass is 9.93. The quantitative estimate of drug-likeness (QED) is 0.859. The Morgan fingerprint density at radius 3 is 2.79 bits per heavy atom. The average Bonchev–Trinajstić information content (AvgIpc) is 2.77. The van der Waals surface area contributed by atoms with Gasteiger partial charge in [-0.2, -0.15) is 0 Å². The highest BCUT2D eigenvalue weighted by molar-refractivity contribution is 5.83.